The van der Waals surface area contributed by atoms with E-state index >= 15 is 0 Å². The quantitative estimate of drug-likeness (QED) is 0.578. The number of hydrogen-bond acceptors (Lipinski definition) is 3. The van der Waals surface area contributed by atoms with E-state index in [1.165, 1.54) is 0 Å². The first kappa shape index (κ1) is 11.3. The van der Waals surface area contributed by atoms with Gasteiger partial charge >= 0.3 is 6.03 Å². The van der Waals surface area contributed by atoms with Gasteiger partial charge in [0.05, 0.1) is 6.10 Å². The van der Waals surface area contributed by atoms with Crippen LogP contribution in [0.3, 0.4) is 0 Å². The number of nitrogens with one attached hydrogen (secondary N) is 3. The minimum atomic E-state index is -0.265. The highest BCUT2D eigenvalue weighted by Gasteiger charge is 2.14. The van der Waals surface area contributed by atoms with Gasteiger partial charge in [-0.05, 0) is 39.8 Å². The van der Waals surface area contributed by atoms with E-state index in [2.05, 4.69) is 16.1 Å². The Balaban J connectivity index is 2.09. The summed E-state index contributed by atoms with van der Waals surface area (Å²) < 4.78 is 0. The Labute approximate surface area is 84.5 Å². The molecule has 0 bridgehead atoms. The molecule has 0 atom stereocenters. The Hall–Kier alpha value is -0.810. The third-order valence-corrected chi connectivity index (χ3v) is 2.02. The number of amides is 2. The lowest BCUT2D eigenvalue weighted by Crippen LogP contribution is -2.43. The number of rotatable bonds is 3. The van der Waals surface area contributed by atoms with E-state index in [0.29, 0.717) is 0 Å². The van der Waals surface area contributed by atoms with Crippen molar-refractivity contribution in [3.8, 4) is 0 Å². The normalized spacial score (nSPS) is 18.2. The summed E-state index contributed by atoms with van der Waals surface area (Å²) in [6, 6.07) is -0.134. The fourth-order valence-electron chi connectivity index (χ4n) is 1.34. The lowest BCUT2D eigenvalue weighted by atomic mass is 10.1. The molecule has 0 unspecified atom stereocenters. The number of carbonyl (C=O) groups excluding carboxylic acids is 1. The molecule has 1 rings (SSSR count). The zero-order valence-electron chi connectivity index (χ0n) is 8.80. The number of piperidine rings is 1. The van der Waals surface area contributed by atoms with Crippen LogP contribution in [0.25, 0.3) is 0 Å². The zero-order valence-corrected chi connectivity index (χ0v) is 8.80. The highest BCUT2D eigenvalue weighted by Crippen LogP contribution is 2.04. The van der Waals surface area contributed by atoms with Gasteiger partial charge in [-0.3, -0.25) is 4.84 Å². The van der Waals surface area contributed by atoms with Crippen LogP contribution >= 0.6 is 0 Å². The standard InChI is InChI=1S/C9H19N3O2/c1-7(2)11-9(13)12-14-8-3-5-10-6-4-8/h7-8,10H,3-6H2,1-2H3,(H2,11,12,13). The molecule has 1 aliphatic heterocycles. The average Bonchev–Trinajstić information content (AvgIpc) is 2.15. The predicted octanol–water partition coefficient (Wildman–Crippen LogP) is 0.378. The molecule has 0 aromatic rings. The monoisotopic (exact) mass is 201 g/mol. The topological polar surface area (TPSA) is 62.4 Å². The van der Waals surface area contributed by atoms with Gasteiger partial charge in [-0.25, -0.2) is 10.3 Å². The minimum absolute atomic E-state index is 0.131. The number of hydroxylamine groups is 1. The maximum Gasteiger partial charge on any atom is 0.338 e. The van der Waals surface area contributed by atoms with E-state index in [9.17, 15) is 4.79 Å². The van der Waals surface area contributed by atoms with Gasteiger partial charge in [-0.1, -0.05) is 0 Å². The van der Waals surface area contributed by atoms with E-state index in [0.717, 1.165) is 25.9 Å². The summed E-state index contributed by atoms with van der Waals surface area (Å²) in [5, 5.41) is 5.92. The minimum Gasteiger partial charge on any atom is -0.334 e. The van der Waals surface area contributed by atoms with Crippen molar-refractivity contribution >= 4 is 6.03 Å². The summed E-state index contributed by atoms with van der Waals surface area (Å²) >= 11 is 0. The van der Waals surface area contributed by atoms with Gasteiger partial charge in [-0.2, -0.15) is 0 Å². The second-order valence-electron chi connectivity index (χ2n) is 3.80. The molecule has 1 fully saturated rings. The van der Waals surface area contributed by atoms with Crippen molar-refractivity contribution < 1.29 is 9.63 Å². The first-order valence-electron chi connectivity index (χ1n) is 5.11. The van der Waals surface area contributed by atoms with Gasteiger partial charge < -0.3 is 10.6 Å². The van der Waals surface area contributed by atoms with Crippen LogP contribution in [-0.4, -0.2) is 31.3 Å². The third-order valence-electron chi connectivity index (χ3n) is 2.02. The van der Waals surface area contributed by atoms with Gasteiger partial charge in [0, 0.05) is 6.04 Å². The Bertz CT molecular complexity index is 179. The molecule has 1 saturated heterocycles. The molecule has 1 heterocycles. The lowest BCUT2D eigenvalue weighted by Gasteiger charge is -2.22. The highest BCUT2D eigenvalue weighted by atomic mass is 16.7. The van der Waals surface area contributed by atoms with Crippen molar-refractivity contribution in [1.29, 1.82) is 0 Å². The fourth-order valence-corrected chi connectivity index (χ4v) is 1.34. The van der Waals surface area contributed by atoms with Gasteiger partial charge in [-0.15, -0.1) is 0 Å². The molecule has 1 aliphatic rings. The van der Waals surface area contributed by atoms with Crippen LogP contribution < -0.4 is 16.1 Å². The first-order chi connectivity index (χ1) is 6.68. The van der Waals surface area contributed by atoms with E-state index < -0.39 is 0 Å². The number of carbonyl (C=O) groups is 1. The third kappa shape index (κ3) is 4.43. The van der Waals surface area contributed by atoms with Crippen molar-refractivity contribution in [1.82, 2.24) is 16.1 Å². The van der Waals surface area contributed by atoms with Gasteiger partial charge in [0.1, 0.15) is 0 Å². The zero-order chi connectivity index (χ0) is 10.4. The Kier molecular flexibility index (Phi) is 4.69. The Morgan fingerprint density at radius 3 is 2.64 bits per heavy atom. The molecule has 0 radical (unpaired) electrons. The largest absolute Gasteiger partial charge is 0.338 e. The van der Waals surface area contributed by atoms with Crippen LogP contribution in [0, 0.1) is 0 Å². The van der Waals surface area contributed by atoms with Crippen molar-refractivity contribution in [3.05, 3.63) is 0 Å². The summed E-state index contributed by atoms with van der Waals surface area (Å²) in [5.74, 6) is 0. The highest BCUT2D eigenvalue weighted by molar-refractivity contribution is 5.72. The molecule has 5 heteroatoms. The van der Waals surface area contributed by atoms with Crippen molar-refractivity contribution in [2.24, 2.45) is 0 Å². The molecule has 5 nitrogen and oxygen atoms in total. The molecule has 0 saturated carbocycles. The van der Waals surface area contributed by atoms with Crippen molar-refractivity contribution in [2.75, 3.05) is 13.1 Å². The van der Waals surface area contributed by atoms with Gasteiger partial charge in [0.2, 0.25) is 0 Å². The van der Waals surface area contributed by atoms with E-state index in [1.54, 1.807) is 0 Å². The van der Waals surface area contributed by atoms with Crippen LogP contribution in [-0.2, 0) is 4.84 Å². The van der Waals surface area contributed by atoms with Crippen molar-refractivity contribution in [3.63, 3.8) is 0 Å². The first-order valence-corrected chi connectivity index (χ1v) is 5.11. The van der Waals surface area contributed by atoms with E-state index in [4.69, 9.17) is 4.84 Å². The molecular formula is C9H19N3O2. The van der Waals surface area contributed by atoms with Crippen LogP contribution in [0.15, 0.2) is 0 Å². The smallest absolute Gasteiger partial charge is 0.334 e. The van der Waals surface area contributed by atoms with Gasteiger partial charge in [0.15, 0.2) is 0 Å². The summed E-state index contributed by atoms with van der Waals surface area (Å²) in [6.07, 6.45) is 2.04. The molecule has 82 valence electrons. The van der Waals surface area contributed by atoms with Crippen LogP contribution in [0.2, 0.25) is 0 Å². The van der Waals surface area contributed by atoms with Crippen LogP contribution in [0.4, 0.5) is 4.79 Å². The Morgan fingerprint density at radius 2 is 2.07 bits per heavy atom. The molecule has 14 heavy (non-hydrogen) atoms. The Morgan fingerprint density at radius 1 is 1.43 bits per heavy atom. The molecule has 2 amide bonds. The lowest BCUT2D eigenvalue weighted by molar-refractivity contribution is -0.0192. The van der Waals surface area contributed by atoms with Crippen LogP contribution in [0.1, 0.15) is 26.7 Å². The van der Waals surface area contributed by atoms with E-state index in [-0.39, 0.29) is 18.2 Å². The SMILES string of the molecule is CC(C)NC(=O)NOC1CCNCC1. The summed E-state index contributed by atoms with van der Waals surface area (Å²) in [6.45, 7) is 5.73. The molecule has 0 aliphatic carbocycles. The van der Waals surface area contributed by atoms with Crippen LogP contribution in [0.5, 0.6) is 0 Å². The predicted molar refractivity (Wildman–Crippen MR) is 53.8 cm³/mol. The number of urea groups is 1. The molecular weight excluding hydrogens is 182 g/mol. The molecule has 0 aromatic heterocycles. The maximum atomic E-state index is 11.1. The summed E-state index contributed by atoms with van der Waals surface area (Å²) in [7, 11) is 0. The van der Waals surface area contributed by atoms with Crippen molar-refractivity contribution in [2.45, 2.75) is 38.8 Å². The fraction of sp³-hybridized carbons (Fsp3) is 0.889. The second-order valence-corrected chi connectivity index (χ2v) is 3.80. The molecule has 0 aromatic carbocycles. The maximum absolute atomic E-state index is 11.1. The summed E-state index contributed by atoms with van der Waals surface area (Å²) in [4.78, 5) is 16.4. The molecule has 0 spiro atoms. The second kappa shape index (κ2) is 5.82. The summed E-state index contributed by atoms with van der Waals surface area (Å²) in [5.41, 5.74) is 2.41. The van der Waals surface area contributed by atoms with Gasteiger partial charge in [0.25, 0.3) is 0 Å². The average molecular weight is 201 g/mol. The number of hydrogen-bond donors (Lipinski definition) is 3. The van der Waals surface area contributed by atoms with E-state index in [1.807, 2.05) is 13.8 Å². The molecule has 3 N–H and O–H groups in total.